The zero-order valence-electron chi connectivity index (χ0n) is 12.7. The van der Waals surface area contributed by atoms with Crippen LogP contribution in [0.3, 0.4) is 0 Å². The summed E-state index contributed by atoms with van der Waals surface area (Å²) in [7, 11) is 0. The van der Waals surface area contributed by atoms with E-state index in [-0.39, 0.29) is 23.8 Å². The second kappa shape index (κ2) is 6.79. The van der Waals surface area contributed by atoms with E-state index >= 15 is 0 Å². The highest BCUT2D eigenvalue weighted by atomic mass is 32.1. The predicted molar refractivity (Wildman–Crippen MR) is 86.4 cm³/mol. The Labute approximate surface area is 135 Å². The molecule has 2 fully saturated rings. The summed E-state index contributed by atoms with van der Waals surface area (Å²) in [4.78, 5) is 29.3. The van der Waals surface area contributed by atoms with Crippen LogP contribution in [0.4, 0.5) is 0 Å². The van der Waals surface area contributed by atoms with Crippen molar-refractivity contribution in [2.75, 3.05) is 26.2 Å². The number of likely N-dealkylation sites (tertiary alicyclic amines) is 2. The molecule has 120 valence electrons. The highest BCUT2D eigenvalue weighted by Gasteiger charge is 2.32. The van der Waals surface area contributed by atoms with Crippen LogP contribution in [0.15, 0.2) is 17.5 Å². The standard InChI is InChI=1S/C16H23N3O2S/c17-16(21)12-5-8-18(9-6-12)11-15(20)19-7-1-3-13(19)14-4-2-10-22-14/h2,4,10,12-13H,1,3,5-9,11H2,(H2,17,21)/t13-/m1/s1. The van der Waals surface area contributed by atoms with Crippen LogP contribution in [0.5, 0.6) is 0 Å². The summed E-state index contributed by atoms with van der Waals surface area (Å²) >= 11 is 1.73. The van der Waals surface area contributed by atoms with Crippen LogP contribution in [-0.4, -0.2) is 47.8 Å². The molecule has 2 N–H and O–H groups in total. The molecule has 0 radical (unpaired) electrons. The van der Waals surface area contributed by atoms with E-state index in [4.69, 9.17) is 5.73 Å². The minimum atomic E-state index is -0.205. The molecule has 0 spiro atoms. The molecule has 2 aliphatic rings. The highest BCUT2D eigenvalue weighted by molar-refractivity contribution is 7.10. The Hall–Kier alpha value is -1.40. The maximum atomic E-state index is 12.6. The van der Waals surface area contributed by atoms with Crippen molar-refractivity contribution in [3.63, 3.8) is 0 Å². The summed E-state index contributed by atoms with van der Waals surface area (Å²) in [6.45, 7) is 2.90. The van der Waals surface area contributed by atoms with Gasteiger partial charge in [0.1, 0.15) is 0 Å². The van der Waals surface area contributed by atoms with Gasteiger partial charge in [0.2, 0.25) is 11.8 Å². The average molecular weight is 321 g/mol. The summed E-state index contributed by atoms with van der Waals surface area (Å²) in [5.74, 6) is -0.00582. The number of hydrogen-bond acceptors (Lipinski definition) is 4. The molecule has 2 amide bonds. The third kappa shape index (κ3) is 3.33. The molecule has 2 saturated heterocycles. The van der Waals surface area contributed by atoms with Crippen LogP contribution in [0.2, 0.25) is 0 Å². The van der Waals surface area contributed by atoms with E-state index in [0.29, 0.717) is 6.54 Å². The molecule has 1 atom stereocenters. The van der Waals surface area contributed by atoms with Crippen molar-refractivity contribution in [3.8, 4) is 0 Å². The van der Waals surface area contributed by atoms with Gasteiger partial charge in [-0.15, -0.1) is 11.3 Å². The fourth-order valence-corrected chi connectivity index (χ4v) is 4.37. The Morgan fingerprint density at radius 3 is 2.64 bits per heavy atom. The van der Waals surface area contributed by atoms with Gasteiger partial charge in [0.15, 0.2) is 0 Å². The predicted octanol–water partition coefficient (Wildman–Crippen LogP) is 1.61. The van der Waals surface area contributed by atoms with E-state index in [0.717, 1.165) is 45.3 Å². The summed E-state index contributed by atoms with van der Waals surface area (Å²) < 4.78 is 0. The van der Waals surface area contributed by atoms with Gasteiger partial charge in [-0.3, -0.25) is 14.5 Å². The second-order valence-electron chi connectivity index (χ2n) is 6.21. The third-order valence-corrected chi connectivity index (χ3v) is 5.77. The highest BCUT2D eigenvalue weighted by Crippen LogP contribution is 2.34. The Morgan fingerprint density at radius 1 is 1.23 bits per heavy atom. The van der Waals surface area contributed by atoms with Gasteiger partial charge in [0, 0.05) is 17.3 Å². The number of hydrogen-bond donors (Lipinski definition) is 1. The number of carbonyl (C=O) groups excluding carboxylic acids is 2. The van der Waals surface area contributed by atoms with Gasteiger partial charge in [0.05, 0.1) is 12.6 Å². The van der Waals surface area contributed by atoms with Gasteiger partial charge in [0.25, 0.3) is 0 Å². The van der Waals surface area contributed by atoms with Gasteiger partial charge >= 0.3 is 0 Å². The maximum Gasteiger partial charge on any atom is 0.237 e. The first-order valence-corrected chi connectivity index (χ1v) is 8.87. The van der Waals surface area contributed by atoms with Crippen molar-refractivity contribution in [1.29, 1.82) is 0 Å². The SMILES string of the molecule is NC(=O)C1CCN(CC(=O)N2CCC[C@@H]2c2cccs2)CC1. The van der Waals surface area contributed by atoms with Gasteiger partial charge < -0.3 is 10.6 Å². The van der Waals surface area contributed by atoms with Crippen LogP contribution in [0.25, 0.3) is 0 Å². The smallest absolute Gasteiger partial charge is 0.237 e. The molecule has 1 aromatic rings. The molecule has 1 aromatic heterocycles. The van der Waals surface area contributed by atoms with Crippen LogP contribution >= 0.6 is 11.3 Å². The number of thiophene rings is 1. The van der Waals surface area contributed by atoms with Crippen LogP contribution in [0, 0.1) is 5.92 Å². The molecular weight excluding hydrogens is 298 g/mol. The van der Waals surface area contributed by atoms with Gasteiger partial charge in [-0.2, -0.15) is 0 Å². The molecule has 2 aliphatic heterocycles. The van der Waals surface area contributed by atoms with Crippen molar-refractivity contribution in [2.45, 2.75) is 31.7 Å². The number of primary amides is 1. The lowest BCUT2D eigenvalue weighted by Crippen LogP contribution is -2.44. The molecule has 3 rings (SSSR count). The first-order valence-electron chi connectivity index (χ1n) is 7.99. The number of piperidine rings is 1. The van der Waals surface area contributed by atoms with E-state index in [2.05, 4.69) is 22.4 Å². The van der Waals surface area contributed by atoms with Gasteiger partial charge in [-0.25, -0.2) is 0 Å². The third-order valence-electron chi connectivity index (χ3n) is 4.79. The molecule has 3 heterocycles. The Morgan fingerprint density at radius 2 is 2.00 bits per heavy atom. The normalized spacial score (nSPS) is 23.8. The molecule has 0 saturated carbocycles. The average Bonchev–Trinajstić information content (AvgIpc) is 3.18. The molecule has 0 bridgehead atoms. The van der Waals surface area contributed by atoms with E-state index < -0.39 is 0 Å². The monoisotopic (exact) mass is 321 g/mol. The molecule has 0 aliphatic carbocycles. The molecule has 0 aromatic carbocycles. The van der Waals surface area contributed by atoms with E-state index in [1.807, 2.05) is 4.90 Å². The minimum absolute atomic E-state index is 0.0167. The van der Waals surface area contributed by atoms with Crippen molar-refractivity contribution < 1.29 is 9.59 Å². The number of nitrogens with zero attached hydrogens (tertiary/aromatic N) is 2. The topological polar surface area (TPSA) is 66.6 Å². The molecule has 22 heavy (non-hydrogen) atoms. The van der Waals surface area contributed by atoms with E-state index in [1.54, 1.807) is 11.3 Å². The summed E-state index contributed by atoms with van der Waals surface area (Å²) in [5, 5.41) is 2.07. The zero-order valence-corrected chi connectivity index (χ0v) is 13.6. The van der Waals surface area contributed by atoms with E-state index in [1.165, 1.54) is 4.88 Å². The Bertz CT molecular complexity index is 524. The lowest BCUT2D eigenvalue weighted by atomic mass is 9.96. The fourth-order valence-electron chi connectivity index (χ4n) is 3.50. The summed E-state index contributed by atoms with van der Waals surface area (Å²) in [5.41, 5.74) is 5.35. The molecule has 0 unspecified atom stereocenters. The van der Waals surface area contributed by atoms with Crippen molar-refractivity contribution in [2.24, 2.45) is 11.7 Å². The largest absolute Gasteiger partial charge is 0.369 e. The first-order chi connectivity index (χ1) is 10.6. The van der Waals surface area contributed by atoms with Gasteiger partial charge in [-0.05, 0) is 50.2 Å². The van der Waals surface area contributed by atoms with Crippen LogP contribution < -0.4 is 5.73 Å². The molecular formula is C16H23N3O2S. The fraction of sp³-hybridized carbons (Fsp3) is 0.625. The summed E-state index contributed by atoms with van der Waals surface area (Å²) in [6.07, 6.45) is 3.70. The minimum Gasteiger partial charge on any atom is -0.369 e. The number of amides is 2. The Balaban J connectivity index is 1.55. The molecule has 6 heteroatoms. The quantitative estimate of drug-likeness (QED) is 0.916. The van der Waals surface area contributed by atoms with E-state index in [9.17, 15) is 9.59 Å². The van der Waals surface area contributed by atoms with Crippen LogP contribution in [-0.2, 0) is 9.59 Å². The van der Waals surface area contributed by atoms with Crippen molar-refractivity contribution in [1.82, 2.24) is 9.80 Å². The lowest BCUT2D eigenvalue weighted by Gasteiger charge is -2.32. The summed E-state index contributed by atoms with van der Waals surface area (Å²) in [6, 6.07) is 4.44. The number of nitrogens with two attached hydrogens (primary N) is 1. The molecule has 5 nitrogen and oxygen atoms in total. The zero-order chi connectivity index (χ0) is 15.5. The number of carbonyl (C=O) groups is 2. The maximum absolute atomic E-state index is 12.6. The number of rotatable bonds is 4. The second-order valence-corrected chi connectivity index (χ2v) is 7.19. The van der Waals surface area contributed by atoms with Gasteiger partial charge in [-0.1, -0.05) is 6.07 Å². The lowest BCUT2D eigenvalue weighted by molar-refractivity contribution is -0.133. The Kier molecular flexibility index (Phi) is 4.78. The first kappa shape index (κ1) is 15.5. The van der Waals surface area contributed by atoms with Crippen LogP contribution in [0.1, 0.15) is 36.6 Å². The van der Waals surface area contributed by atoms with Crippen molar-refractivity contribution in [3.05, 3.63) is 22.4 Å². The van der Waals surface area contributed by atoms with Crippen molar-refractivity contribution >= 4 is 23.2 Å².